The molecule has 0 saturated carbocycles. The van der Waals surface area contributed by atoms with Crippen LogP contribution in [0.4, 0.5) is 0 Å². The van der Waals surface area contributed by atoms with Gasteiger partial charge in [0, 0.05) is 6.92 Å². The molecule has 0 aliphatic rings. The van der Waals surface area contributed by atoms with Crippen LogP contribution in [0, 0.1) is 6.92 Å². The molecule has 1 rings (SSSR count). The van der Waals surface area contributed by atoms with E-state index in [0.717, 1.165) is 5.56 Å². The fourth-order valence-corrected chi connectivity index (χ4v) is 0.987. The molecule has 0 unspecified atom stereocenters. The first kappa shape index (κ1) is 8.78. The molecule has 1 aromatic rings. The lowest BCUT2D eigenvalue weighted by molar-refractivity contribution is -0.142. The van der Waals surface area contributed by atoms with Crippen LogP contribution in [-0.2, 0) is 16.1 Å². The summed E-state index contributed by atoms with van der Waals surface area (Å²) in [6.45, 7) is 3.80. The maximum atomic E-state index is 10.5. The average molecular weight is 164 g/mol. The molecule has 0 aromatic heterocycles. The molecule has 12 heavy (non-hydrogen) atoms. The lowest BCUT2D eigenvalue weighted by atomic mass is 10.1. The Balaban J connectivity index is 2.57. The molecule has 0 fully saturated rings. The summed E-state index contributed by atoms with van der Waals surface area (Å²) in [7, 11) is 0. The van der Waals surface area contributed by atoms with Crippen LogP contribution in [-0.4, -0.2) is 5.97 Å². The maximum absolute atomic E-state index is 10.5. The van der Waals surface area contributed by atoms with Gasteiger partial charge in [0.05, 0.1) is 0 Å². The van der Waals surface area contributed by atoms with Crippen molar-refractivity contribution in [1.82, 2.24) is 0 Å². The smallest absolute Gasteiger partial charge is 0.302 e. The quantitative estimate of drug-likeness (QED) is 0.625. The molecule has 0 aliphatic heterocycles. The predicted molar refractivity (Wildman–Crippen MR) is 46.6 cm³/mol. The highest BCUT2D eigenvalue weighted by atomic mass is 16.5. The lowest BCUT2D eigenvalue weighted by Crippen LogP contribution is -1.98. The van der Waals surface area contributed by atoms with E-state index in [0.29, 0.717) is 6.61 Å². The molecule has 0 spiro atoms. The van der Waals surface area contributed by atoms with Gasteiger partial charge < -0.3 is 4.74 Å². The van der Waals surface area contributed by atoms with Gasteiger partial charge in [-0.1, -0.05) is 29.8 Å². The van der Waals surface area contributed by atoms with Crippen LogP contribution in [0.3, 0.4) is 0 Å². The molecule has 0 saturated heterocycles. The Labute approximate surface area is 72.2 Å². The van der Waals surface area contributed by atoms with Crippen molar-refractivity contribution in [1.29, 1.82) is 0 Å². The Hall–Kier alpha value is -1.31. The zero-order chi connectivity index (χ0) is 8.97. The van der Waals surface area contributed by atoms with Crippen molar-refractivity contribution in [3.8, 4) is 0 Å². The van der Waals surface area contributed by atoms with Gasteiger partial charge in [-0.25, -0.2) is 0 Å². The van der Waals surface area contributed by atoms with Gasteiger partial charge in [-0.05, 0) is 12.5 Å². The van der Waals surface area contributed by atoms with E-state index in [4.69, 9.17) is 4.74 Å². The molecule has 2 heteroatoms. The molecule has 0 atom stereocenters. The number of benzene rings is 1. The zero-order valence-electron chi connectivity index (χ0n) is 7.33. The van der Waals surface area contributed by atoms with Crippen LogP contribution >= 0.6 is 0 Å². The van der Waals surface area contributed by atoms with Crippen molar-refractivity contribution < 1.29 is 9.53 Å². The van der Waals surface area contributed by atoms with Crippen LogP contribution < -0.4 is 0 Å². The van der Waals surface area contributed by atoms with E-state index < -0.39 is 0 Å². The predicted octanol–water partition coefficient (Wildman–Crippen LogP) is 2.06. The molecule has 0 radical (unpaired) electrons. The number of rotatable bonds is 2. The van der Waals surface area contributed by atoms with Gasteiger partial charge in [0.2, 0.25) is 0 Å². The lowest BCUT2D eigenvalue weighted by Gasteiger charge is -2.02. The second-order valence-corrected chi connectivity index (χ2v) is 2.77. The normalized spacial score (nSPS) is 9.50. The summed E-state index contributed by atoms with van der Waals surface area (Å²) < 4.78 is 4.84. The van der Waals surface area contributed by atoms with Gasteiger partial charge in [-0.2, -0.15) is 0 Å². The summed E-state index contributed by atoms with van der Waals surface area (Å²) in [6, 6.07) is 7.91. The van der Waals surface area contributed by atoms with Gasteiger partial charge in [0.15, 0.2) is 0 Å². The Morgan fingerprint density at radius 1 is 1.50 bits per heavy atom. The third kappa shape index (κ3) is 2.74. The SMILES string of the molecule is CC(=O)OCc1cccc(C)c1. The molecule has 2 nitrogen and oxygen atoms in total. The van der Waals surface area contributed by atoms with Crippen LogP contribution in [0.15, 0.2) is 24.3 Å². The van der Waals surface area contributed by atoms with E-state index in [2.05, 4.69) is 0 Å². The maximum Gasteiger partial charge on any atom is 0.302 e. The van der Waals surface area contributed by atoms with Gasteiger partial charge >= 0.3 is 5.97 Å². The summed E-state index contributed by atoms with van der Waals surface area (Å²) in [5, 5.41) is 0. The molecule has 64 valence electrons. The summed E-state index contributed by atoms with van der Waals surface area (Å²) in [4.78, 5) is 10.5. The van der Waals surface area contributed by atoms with Crippen LogP contribution in [0.2, 0.25) is 0 Å². The Bertz CT molecular complexity index is 279. The van der Waals surface area contributed by atoms with E-state index in [1.807, 2.05) is 31.2 Å². The van der Waals surface area contributed by atoms with Crippen molar-refractivity contribution in [2.45, 2.75) is 20.5 Å². The highest BCUT2D eigenvalue weighted by Crippen LogP contribution is 2.04. The first-order valence-corrected chi connectivity index (χ1v) is 3.87. The van der Waals surface area contributed by atoms with Crippen LogP contribution in [0.25, 0.3) is 0 Å². The molecule has 1 aromatic carbocycles. The molecular weight excluding hydrogens is 152 g/mol. The average Bonchev–Trinajstić information content (AvgIpc) is 2.01. The summed E-state index contributed by atoms with van der Waals surface area (Å²) >= 11 is 0. The van der Waals surface area contributed by atoms with Gasteiger partial charge in [0.25, 0.3) is 0 Å². The molecule has 0 N–H and O–H groups in total. The van der Waals surface area contributed by atoms with Crippen LogP contribution in [0.5, 0.6) is 0 Å². The minimum atomic E-state index is -0.239. The third-order valence-corrected chi connectivity index (χ3v) is 1.52. The van der Waals surface area contributed by atoms with E-state index in [-0.39, 0.29) is 5.97 Å². The standard InChI is InChI=1S/C10H12O2/c1-8-4-3-5-10(6-8)7-12-9(2)11/h3-6H,7H2,1-2H3. The van der Waals surface area contributed by atoms with Gasteiger partial charge in [-0.15, -0.1) is 0 Å². The van der Waals surface area contributed by atoms with E-state index in [9.17, 15) is 4.79 Å². The second kappa shape index (κ2) is 3.90. The second-order valence-electron chi connectivity index (χ2n) is 2.77. The summed E-state index contributed by atoms with van der Waals surface area (Å²) in [5.74, 6) is -0.239. The highest BCUT2D eigenvalue weighted by Gasteiger charge is 1.95. The number of esters is 1. The number of ether oxygens (including phenoxy) is 1. The minimum Gasteiger partial charge on any atom is -0.461 e. The minimum absolute atomic E-state index is 0.239. The molecule has 0 amide bonds. The van der Waals surface area contributed by atoms with Crippen molar-refractivity contribution in [2.75, 3.05) is 0 Å². The molecule has 0 aliphatic carbocycles. The van der Waals surface area contributed by atoms with Crippen molar-refractivity contribution in [3.63, 3.8) is 0 Å². The fourth-order valence-electron chi connectivity index (χ4n) is 0.987. The number of carbonyl (C=O) groups excluding carboxylic acids is 1. The van der Waals surface area contributed by atoms with Crippen LogP contribution in [0.1, 0.15) is 18.1 Å². The first-order chi connectivity index (χ1) is 5.68. The topological polar surface area (TPSA) is 26.3 Å². The first-order valence-electron chi connectivity index (χ1n) is 3.87. The zero-order valence-corrected chi connectivity index (χ0v) is 7.33. The van der Waals surface area contributed by atoms with E-state index >= 15 is 0 Å². The van der Waals surface area contributed by atoms with Gasteiger partial charge in [0.1, 0.15) is 6.61 Å². The number of aryl methyl sites for hydroxylation is 1. The summed E-state index contributed by atoms with van der Waals surface area (Å²) in [6.07, 6.45) is 0. The van der Waals surface area contributed by atoms with Crippen molar-refractivity contribution in [2.24, 2.45) is 0 Å². The molecule has 0 heterocycles. The molecule has 0 bridgehead atoms. The van der Waals surface area contributed by atoms with Crippen molar-refractivity contribution >= 4 is 5.97 Å². The van der Waals surface area contributed by atoms with Crippen molar-refractivity contribution in [3.05, 3.63) is 35.4 Å². The highest BCUT2D eigenvalue weighted by molar-refractivity contribution is 5.65. The van der Waals surface area contributed by atoms with Gasteiger partial charge in [-0.3, -0.25) is 4.79 Å². The molecular formula is C10H12O2. The fraction of sp³-hybridized carbons (Fsp3) is 0.300. The Morgan fingerprint density at radius 2 is 2.25 bits per heavy atom. The van der Waals surface area contributed by atoms with E-state index in [1.165, 1.54) is 12.5 Å². The Morgan fingerprint density at radius 3 is 2.83 bits per heavy atom. The third-order valence-electron chi connectivity index (χ3n) is 1.52. The Kier molecular flexibility index (Phi) is 2.86. The number of hydrogen-bond acceptors (Lipinski definition) is 2. The largest absolute Gasteiger partial charge is 0.461 e. The number of carbonyl (C=O) groups is 1. The number of hydrogen-bond donors (Lipinski definition) is 0. The van der Waals surface area contributed by atoms with E-state index in [1.54, 1.807) is 0 Å². The monoisotopic (exact) mass is 164 g/mol. The summed E-state index contributed by atoms with van der Waals surface area (Å²) in [5.41, 5.74) is 2.21.